The predicted octanol–water partition coefficient (Wildman–Crippen LogP) is 4.16. The standard InChI is InChI=1S/C19H16F3N3O/c1-24(13-14-7-9-15(10-8-14)19(20,21)22)18(26)16-5-2-3-6-17(16)25-12-4-11-23-25/h2-12H,13H2,1H3. The molecule has 0 radical (unpaired) electrons. The van der Waals surface area contributed by atoms with Gasteiger partial charge >= 0.3 is 6.18 Å². The summed E-state index contributed by atoms with van der Waals surface area (Å²) >= 11 is 0. The number of nitrogens with zero attached hydrogens (tertiary/aromatic N) is 3. The number of alkyl halides is 3. The average Bonchev–Trinajstić information content (AvgIpc) is 3.15. The average molecular weight is 359 g/mol. The summed E-state index contributed by atoms with van der Waals surface area (Å²) in [5, 5.41) is 4.14. The molecule has 0 atom stereocenters. The zero-order valence-corrected chi connectivity index (χ0v) is 13.9. The third-order valence-electron chi connectivity index (χ3n) is 3.93. The number of carbonyl (C=O) groups excluding carboxylic acids is 1. The van der Waals surface area contributed by atoms with Crippen molar-refractivity contribution in [1.82, 2.24) is 14.7 Å². The van der Waals surface area contributed by atoms with Crippen molar-refractivity contribution in [3.05, 3.63) is 83.7 Å². The summed E-state index contributed by atoms with van der Waals surface area (Å²) < 4.78 is 39.5. The smallest absolute Gasteiger partial charge is 0.337 e. The topological polar surface area (TPSA) is 38.1 Å². The van der Waals surface area contributed by atoms with Gasteiger partial charge in [0.25, 0.3) is 5.91 Å². The van der Waals surface area contributed by atoms with Crippen LogP contribution in [0.5, 0.6) is 0 Å². The second-order valence-electron chi connectivity index (χ2n) is 5.82. The monoisotopic (exact) mass is 359 g/mol. The Morgan fingerprint density at radius 1 is 1.08 bits per heavy atom. The van der Waals surface area contributed by atoms with E-state index in [1.165, 1.54) is 17.0 Å². The lowest BCUT2D eigenvalue weighted by atomic mass is 10.1. The molecule has 0 unspecified atom stereocenters. The Kier molecular flexibility index (Phi) is 4.79. The lowest BCUT2D eigenvalue weighted by Gasteiger charge is -2.19. The van der Waals surface area contributed by atoms with E-state index in [1.807, 2.05) is 6.07 Å². The molecule has 3 rings (SSSR count). The van der Waals surface area contributed by atoms with Crippen molar-refractivity contribution < 1.29 is 18.0 Å². The predicted molar refractivity (Wildman–Crippen MR) is 90.8 cm³/mol. The van der Waals surface area contributed by atoms with Gasteiger partial charge in [0.2, 0.25) is 0 Å². The summed E-state index contributed by atoms with van der Waals surface area (Å²) in [6, 6.07) is 13.6. The molecule has 1 aromatic heterocycles. The third kappa shape index (κ3) is 3.77. The third-order valence-corrected chi connectivity index (χ3v) is 3.93. The van der Waals surface area contributed by atoms with Crippen LogP contribution in [0.3, 0.4) is 0 Å². The Morgan fingerprint density at radius 2 is 1.77 bits per heavy atom. The lowest BCUT2D eigenvalue weighted by molar-refractivity contribution is -0.137. The van der Waals surface area contributed by atoms with Crippen LogP contribution in [0.1, 0.15) is 21.5 Å². The highest BCUT2D eigenvalue weighted by atomic mass is 19.4. The van der Waals surface area contributed by atoms with Gasteiger partial charge in [-0.15, -0.1) is 0 Å². The van der Waals surface area contributed by atoms with E-state index in [0.29, 0.717) is 16.8 Å². The van der Waals surface area contributed by atoms with Gasteiger partial charge in [-0.1, -0.05) is 24.3 Å². The summed E-state index contributed by atoms with van der Waals surface area (Å²) in [5.41, 5.74) is 1.01. The Morgan fingerprint density at radius 3 is 2.38 bits per heavy atom. The Balaban J connectivity index is 1.79. The Bertz CT molecular complexity index is 887. The summed E-state index contributed by atoms with van der Waals surface area (Å²) in [6.07, 6.45) is -1.02. The second kappa shape index (κ2) is 7.03. The van der Waals surface area contributed by atoms with Gasteiger partial charge in [-0.2, -0.15) is 18.3 Å². The Hall–Kier alpha value is -3.09. The van der Waals surface area contributed by atoms with Gasteiger partial charge < -0.3 is 4.90 Å². The van der Waals surface area contributed by atoms with Gasteiger partial charge in [0.15, 0.2) is 0 Å². The molecular weight excluding hydrogens is 343 g/mol. The molecule has 0 aliphatic heterocycles. The number of carbonyl (C=O) groups is 1. The van der Waals surface area contributed by atoms with Crippen LogP contribution in [0.25, 0.3) is 5.69 Å². The van der Waals surface area contributed by atoms with Crippen molar-refractivity contribution in [2.24, 2.45) is 0 Å². The van der Waals surface area contributed by atoms with Crippen molar-refractivity contribution in [1.29, 1.82) is 0 Å². The second-order valence-corrected chi connectivity index (χ2v) is 5.82. The summed E-state index contributed by atoms with van der Waals surface area (Å²) in [6.45, 7) is 0.199. The van der Waals surface area contributed by atoms with Crippen molar-refractivity contribution in [3.63, 3.8) is 0 Å². The molecule has 134 valence electrons. The molecular formula is C19H16F3N3O. The van der Waals surface area contributed by atoms with Crippen LogP contribution in [0.4, 0.5) is 13.2 Å². The zero-order chi connectivity index (χ0) is 18.7. The maximum Gasteiger partial charge on any atom is 0.416 e. The highest BCUT2D eigenvalue weighted by Crippen LogP contribution is 2.29. The number of benzene rings is 2. The van der Waals surface area contributed by atoms with Crippen LogP contribution < -0.4 is 0 Å². The van der Waals surface area contributed by atoms with Crippen LogP contribution in [0.2, 0.25) is 0 Å². The molecule has 1 amide bonds. The van der Waals surface area contributed by atoms with Crippen molar-refractivity contribution in [2.75, 3.05) is 7.05 Å². The van der Waals surface area contributed by atoms with Crippen molar-refractivity contribution >= 4 is 5.91 Å². The first kappa shape index (κ1) is 17.7. The molecule has 0 bridgehead atoms. The first-order valence-corrected chi connectivity index (χ1v) is 7.87. The van der Waals surface area contributed by atoms with Gasteiger partial charge in [-0.25, -0.2) is 4.68 Å². The molecule has 0 saturated carbocycles. The molecule has 2 aromatic carbocycles. The van der Waals surface area contributed by atoms with Crippen molar-refractivity contribution in [3.8, 4) is 5.69 Å². The number of hydrogen-bond donors (Lipinski definition) is 0. The molecule has 0 aliphatic rings. The molecule has 0 spiro atoms. The minimum absolute atomic E-state index is 0.199. The van der Waals surface area contributed by atoms with E-state index in [4.69, 9.17) is 0 Å². The lowest BCUT2D eigenvalue weighted by Crippen LogP contribution is -2.27. The maximum absolute atomic E-state index is 12.8. The fourth-order valence-electron chi connectivity index (χ4n) is 2.62. The van der Waals surface area contributed by atoms with Crippen LogP contribution in [0.15, 0.2) is 67.0 Å². The minimum atomic E-state index is -4.37. The minimum Gasteiger partial charge on any atom is -0.337 e. The number of hydrogen-bond acceptors (Lipinski definition) is 2. The molecule has 4 nitrogen and oxygen atoms in total. The highest BCUT2D eigenvalue weighted by molar-refractivity contribution is 5.97. The van der Waals surface area contributed by atoms with Gasteiger partial charge in [0.05, 0.1) is 16.8 Å². The van der Waals surface area contributed by atoms with Crippen LogP contribution in [-0.2, 0) is 12.7 Å². The SMILES string of the molecule is CN(Cc1ccc(C(F)(F)F)cc1)C(=O)c1ccccc1-n1cccn1. The summed E-state index contributed by atoms with van der Waals surface area (Å²) in [5.74, 6) is -0.240. The summed E-state index contributed by atoms with van der Waals surface area (Å²) in [7, 11) is 1.61. The molecule has 3 aromatic rings. The molecule has 0 fully saturated rings. The molecule has 1 heterocycles. The quantitative estimate of drug-likeness (QED) is 0.701. The number of amides is 1. The number of rotatable bonds is 4. The first-order chi connectivity index (χ1) is 12.4. The maximum atomic E-state index is 12.8. The molecule has 26 heavy (non-hydrogen) atoms. The molecule has 7 heteroatoms. The van der Waals surface area contributed by atoms with Crippen LogP contribution >= 0.6 is 0 Å². The largest absolute Gasteiger partial charge is 0.416 e. The fourth-order valence-corrected chi connectivity index (χ4v) is 2.62. The molecule has 0 N–H and O–H groups in total. The first-order valence-electron chi connectivity index (χ1n) is 7.87. The van der Waals surface area contributed by atoms with Gasteiger partial charge in [-0.05, 0) is 35.9 Å². The highest BCUT2D eigenvalue weighted by Gasteiger charge is 2.30. The summed E-state index contributed by atoms with van der Waals surface area (Å²) in [4.78, 5) is 14.3. The number of aromatic nitrogens is 2. The van der Waals surface area contributed by atoms with E-state index < -0.39 is 11.7 Å². The van der Waals surface area contributed by atoms with E-state index >= 15 is 0 Å². The molecule has 0 aliphatic carbocycles. The van der Waals surface area contributed by atoms with E-state index in [0.717, 1.165) is 12.1 Å². The van der Waals surface area contributed by atoms with Gasteiger partial charge in [-0.3, -0.25) is 4.79 Å². The normalized spacial score (nSPS) is 11.4. The van der Waals surface area contributed by atoms with Gasteiger partial charge in [0.1, 0.15) is 0 Å². The van der Waals surface area contributed by atoms with E-state index in [9.17, 15) is 18.0 Å². The van der Waals surface area contributed by atoms with Gasteiger partial charge in [0, 0.05) is 26.0 Å². The zero-order valence-electron chi connectivity index (χ0n) is 13.9. The van der Waals surface area contributed by atoms with Crippen molar-refractivity contribution in [2.45, 2.75) is 12.7 Å². The fraction of sp³-hybridized carbons (Fsp3) is 0.158. The molecule has 0 saturated heterocycles. The Labute approximate surface area is 148 Å². The number of halogens is 3. The van der Waals surface area contributed by atoms with E-state index in [1.54, 1.807) is 48.4 Å². The van der Waals surface area contributed by atoms with Crippen LogP contribution in [0, 0.1) is 0 Å². The van der Waals surface area contributed by atoms with Crippen LogP contribution in [-0.4, -0.2) is 27.6 Å². The van der Waals surface area contributed by atoms with E-state index in [2.05, 4.69) is 5.10 Å². The van der Waals surface area contributed by atoms with E-state index in [-0.39, 0.29) is 12.5 Å². The number of para-hydroxylation sites is 1.